The average Bonchev–Trinajstić information content (AvgIpc) is 2.98. The zero-order chi connectivity index (χ0) is 23.0. The van der Waals surface area contributed by atoms with Gasteiger partial charge in [-0.3, -0.25) is 4.79 Å². The molecule has 0 N–H and O–H groups in total. The first-order valence-corrected chi connectivity index (χ1v) is 9.02. The fraction of sp³-hybridized carbons (Fsp3) is 0.100. The van der Waals surface area contributed by atoms with E-state index in [1.54, 1.807) is 0 Å². The molecule has 2 aromatic carbocycles. The second-order valence-corrected chi connectivity index (χ2v) is 6.92. The van der Waals surface area contributed by atoms with Gasteiger partial charge in [0.2, 0.25) is 5.82 Å². The quantitative estimate of drug-likeness (QED) is 0.193. The van der Waals surface area contributed by atoms with Crippen molar-refractivity contribution in [3.8, 4) is 18.1 Å². The second-order valence-electron chi connectivity index (χ2n) is 6.08. The summed E-state index contributed by atoms with van der Waals surface area (Å²) in [4.78, 5) is 12.8. The molecule has 0 unspecified atom stereocenters. The van der Waals surface area contributed by atoms with E-state index in [1.165, 1.54) is 25.1 Å². The van der Waals surface area contributed by atoms with E-state index in [9.17, 15) is 26.7 Å². The Hall–Kier alpha value is -3.09. The molecule has 0 aliphatic carbocycles. The van der Waals surface area contributed by atoms with Crippen LogP contribution in [0.25, 0.3) is 6.08 Å². The van der Waals surface area contributed by atoms with Crippen LogP contribution in [0.2, 0.25) is 10.0 Å². The molecule has 160 valence electrons. The number of hydrogen-bond acceptors (Lipinski definition) is 3. The number of anilines is 1. The number of rotatable bonds is 4. The molecule has 1 heterocycles. The number of hydrogen-bond donors (Lipinski definition) is 0. The lowest BCUT2D eigenvalue weighted by Crippen LogP contribution is -2.25. The topological polar surface area (TPSA) is 41.9 Å². The summed E-state index contributed by atoms with van der Waals surface area (Å²) in [6, 6.07) is 2.73. The van der Waals surface area contributed by atoms with Crippen LogP contribution in [0.1, 0.15) is 12.5 Å². The third-order valence-electron chi connectivity index (χ3n) is 4.10. The Labute approximate surface area is 182 Å². The third-order valence-corrected chi connectivity index (χ3v) is 4.60. The van der Waals surface area contributed by atoms with Gasteiger partial charge in [-0.05, 0) is 25.1 Å². The summed E-state index contributed by atoms with van der Waals surface area (Å²) < 4.78 is 74.1. The lowest BCUT2D eigenvalue weighted by atomic mass is 10.1. The van der Waals surface area contributed by atoms with E-state index in [0.717, 1.165) is 0 Å². The fourth-order valence-electron chi connectivity index (χ4n) is 2.72. The van der Waals surface area contributed by atoms with Crippen molar-refractivity contribution in [1.29, 1.82) is 0 Å². The summed E-state index contributed by atoms with van der Waals surface area (Å²) in [6.45, 7) is 1.12. The van der Waals surface area contributed by atoms with Crippen molar-refractivity contribution >= 4 is 46.6 Å². The van der Waals surface area contributed by atoms with Gasteiger partial charge in [0, 0.05) is 10.6 Å². The molecule has 31 heavy (non-hydrogen) atoms. The van der Waals surface area contributed by atoms with Crippen molar-refractivity contribution in [1.82, 2.24) is 0 Å². The highest BCUT2D eigenvalue weighted by atomic mass is 35.5. The standard InChI is InChI=1S/C20H9Cl2F5N2O2/c1-3-4-31-19-9(5-10(21)7-12(19)22)6-11-8(2)28-29(20(11)30)18-16(26)14(24)13(23)15(25)17(18)27/h1,5-7H,4H2,2H3/b11-6-. The maximum Gasteiger partial charge on any atom is 0.280 e. The number of carbonyl (C=O) groups excluding carboxylic acids is 1. The first-order valence-electron chi connectivity index (χ1n) is 8.26. The monoisotopic (exact) mass is 474 g/mol. The maximum atomic E-state index is 14.1. The molecule has 0 atom stereocenters. The molecular formula is C20H9Cl2F5N2O2. The Morgan fingerprint density at radius 3 is 2.26 bits per heavy atom. The summed E-state index contributed by atoms with van der Waals surface area (Å²) in [6.07, 6.45) is 6.35. The maximum absolute atomic E-state index is 14.1. The Bertz CT molecular complexity index is 1190. The van der Waals surface area contributed by atoms with E-state index < -0.39 is 40.7 Å². The van der Waals surface area contributed by atoms with Gasteiger partial charge in [-0.25, -0.2) is 22.0 Å². The van der Waals surface area contributed by atoms with Crippen molar-refractivity contribution in [3.63, 3.8) is 0 Å². The molecule has 11 heteroatoms. The van der Waals surface area contributed by atoms with Gasteiger partial charge in [-0.1, -0.05) is 29.1 Å². The second kappa shape index (κ2) is 8.57. The summed E-state index contributed by atoms with van der Waals surface area (Å²) in [5, 5.41) is 3.96. The number of nitrogens with zero attached hydrogens (tertiary/aromatic N) is 2. The van der Waals surface area contributed by atoms with Crippen LogP contribution in [0.4, 0.5) is 27.6 Å². The van der Waals surface area contributed by atoms with E-state index >= 15 is 0 Å². The molecule has 0 spiro atoms. The third kappa shape index (κ3) is 3.96. The van der Waals surface area contributed by atoms with Crippen molar-refractivity contribution < 1.29 is 31.5 Å². The molecule has 0 aromatic heterocycles. The zero-order valence-electron chi connectivity index (χ0n) is 15.4. The van der Waals surface area contributed by atoms with Gasteiger partial charge in [0.1, 0.15) is 18.0 Å². The first-order chi connectivity index (χ1) is 14.6. The molecule has 0 radical (unpaired) electrons. The SMILES string of the molecule is C#CCOc1c(Cl)cc(Cl)cc1/C=C1\C(=O)N(c2c(F)c(F)c(F)c(F)c2F)N=C1C. The number of terminal acetylenes is 1. The fourth-order valence-corrected chi connectivity index (χ4v) is 3.29. The van der Waals surface area contributed by atoms with Gasteiger partial charge in [0.25, 0.3) is 5.91 Å². The van der Waals surface area contributed by atoms with E-state index in [-0.39, 0.29) is 44.3 Å². The highest BCUT2D eigenvalue weighted by Gasteiger charge is 2.37. The van der Waals surface area contributed by atoms with Crippen molar-refractivity contribution in [2.75, 3.05) is 11.6 Å². The van der Waals surface area contributed by atoms with Crippen LogP contribution in [0, 0.1) is 41.4 Å². The van der Waals surface area contributed by atoms with Crippen molar-refractivity contribution in [2.45, 2.75) is 6.92 Å². The molecule has 1 aliphatic rings. The number of carbonyl (C=O) groups is 1. The van der Waals surface area contributed by atoms with Gasteiger partial charge < -0.3 is 4.74 Å². The summed E-state index contributed by atoms with van der Waals surface area (Å²) in [5.74, 6) is -10.0. The lowest BCUT2D eigenvalue weighted by molar-refractivity contribution is -0.114. The molecule has 3 rings (SSSR count). The highest BCUT2D eigenvalue weighted by molar-refractivity contribution is 6.36. The molecule has 0 fully saturated rings. The highest BCUT2D eigenvalue weighted by Crippen LogP contribution is 2.37. The Morgan fingerprint density at radius 2 is 1.68 bits per heavy atom. The minimum atomic E-state index is -2.36. The molecule has 4 nitrogen and oxygen atoms in total. The van der Waals surface area contributed by atoms with Crippen LogP contribution in [0.3, 0.4) is 0 Å². The van der Waals surface area contributed by atoms with Gasteiger partial charge in [0.05, 0.1) is 16.3 Å². The lowest BCUT2D eigenvalue weighted by Gasteiger charge is -2.15. The molecular weight excluding hydrogens is 466 g/mol. The minimum Gasteiger partial charge on any atom is -0.479 e. The van der Waals surface area contributed by atoms with Crippen LogP contribution < -0.4 is 9.75 Å². The molecule has 1 amide bonds. The summed E-state index contributed by atoms with van der Waals surface area (Å²) in [5.41, 5.74) is -1.64. The normalized spacial score (nSPS) is 14.8. The first kappa shape index (κ1) is 22.6. The van der Waals surface area contributed by atoms with E-state index in [2.05, 4.69) is 11.0 Å². The minimum absolute atomic E-state index is 0.0614. The molecule has 1 aliphatic heterocycles. The van der Waals surface area contributed by atoms with Crippen LogP contribution in [-0.4, -0.2) is 18.2 Å². The van der Waals surface area contributed by atoms with Crippen LogP contribution in [0.15, 0.2) is 22.8 Å². The number of ether oxygens (including phenoxy) is 1. The number of amides is 1. The summed E-state index contributed by atoms with van der Waals surface area (Å²) in [7, 11) is 0. The van der Waals surface area contributed by atoms with Gasteiger partial charge in [-0.15, -0.1) is 6.42 Å². The van der Waals surface area contributed by atoms with E-state index in [4.69, 9.17) is 34.4 Å². The molecule has 0 saturated heterocycles. The van der Waals surface area contributed by atoms with E-state index in [0.29, 0.717) is 0 Å². The largest absolute Gasteiger partial charge is 0.479 e. The number of benzene rings is 2. The Morgan fingerprint density at radius 1 is 1.10 bits per heavy atom. The number of hydrazone groups is 1. The van der Waals surface area contributed by atoms with Crippen molar-refractivity contribution in [3.05, 3.63) is 62.4 Å². The summed E-state index contributed by atoms with van der Waals surface area (Å²) >= 11 is 12.1. The van der Waals surface area contributed by atoms with E-state index in [1.807, 2.05) is 0 Å². The van der Waals surface area contributed by atoms with Gasteiger partial charge >= 0.3 is 0 Å². The molecule has 0 bridgehead atoms. The van der Waals surface area contributed by atoms with Gasteiger partial charge in [-0.2, -0.15) is 10.1 Å². The van der Waals surface area contributed by atoms with Crippen LogP contribution >= 0.6 is 23.2 Å². The van der Waals surface area contributed by atoms with Crippen LogP contribution in [0.5, 0.6) is 5.75 Å². The zero-order valence-corrected chi connectivity index (χ0v) is 16.9. The van der Waals surface area contributed by atoms with Crippen LogP contribution in [-0.2, 0) is 4.79 Å². The smallest absolute Gasteiger partial charge is 0.280 e. The average molecular weight is 475 g/mol. The predicted molar refractivity (Wildman–Crippen MR) is 106 cm³/mol. The molecule has 0 saturated carbocycles. The Kier molecular flexibility index (Phi) is 6.25. The number of halogens is 7. The van der Waals surface area contributed by atoms with Gasteiger partial charge in [0.15, 0.2) is 23.3 Å². The Balaban J connectivity index is 2.12. The van der Waals surface area contributed by atoms with Crippen molar-refractivity contribution in [2.24, 2.45) is 5.10 Å². The molecule has 2 aromatic rings. The predicted octanol–water partition coefficient (Wildman–Crippen LogP) is 5.51.